The zero-order valence-corrected chi connectivity index (χ0v) is 28.7. The van der Waals surface area contributed by atoms with Crippen molar-refractivity contribution in [3.05, 3.63) is 95.1 Å². The minimum atomic E-state index is 0. The van der Waals surface area contributed by atoms with Gasteiger partial charge in [-0.25, -0.2) is 0 Å². The van der Waals surface area contributed by atoms with E-state index in [2.05, 4.69) is 68.1 Å². The molecule has 4 aromatic rings. The Hall–Kier alpha value is -4.52. The first-order valence-corrected chi connectivity index (χ1v) is 18.6. The molecule has 0 amide bonds. The number of nitrogens with zero attached hydrogens (tertiary/aromatic N) is 4. The van der Waals surface area contributed by atoms with Gasteiger partial charge in [0.05, 0.1) is 0 Å². The summed E-state index contributed by atoms with van der Waals surface area (Å²) in [5, 5.41) is 20.8. The summed E-state index contributed by atoms with van der Waals surface area (Å²) < 4.78 is 6.32. The molecule has 5 aliphatic heterocycles. The molecule has 9 rings (SSSR count). The van der Waals surface area contributed by atoms with Gasteiger partial charge in [0, 0.05) is 112 Å². The van der Waals surface area contributed by atoms with Gasteiger partial charge in [0.1, 0.15) is 23.0 Å². The maximum absolute atomic E-state index is 10.4. The van der Waals surface area contributed by atoms with E-state index in [9.17, 15) is 10.2 Å². The van der Waals surface area contributed by atoms with Crippen molar-refractivity contribution in [1.82, 2.24) is 0 Å². The molecule has 50 heavy (non-hydrogen) atoms. The third-order valence-corrected chi connectivity index (χ3v) is 11.1. The van der Waals surface area contributed by atoms with Gasteiger partial charge in [0.25, 0.3) is 0 Å². The van der Waals surface area contributed by atoms with Crippen molar-refractivity contribution in [2.45, 2.75) is 71.6 Å². The molecule has 264 valence electrons. The minimum Gasteiger partial charge on any atom is -0.508 e. The number of fused-ring (bicyclic) bond motifs is 2. The van der Waals surface area contributed by atoms with Crippen molar-refractivity contribution in [1.29, 1.82) is 0 Å². The lowest BCUT2D eigenvalue weighted by Crippen LogP contribution is -2.18. The summed E-state index contributed by atoms with van der Waals surface area (Å²) in [6.45, 7) is 8.97. The lowest BCUT2D eigenvalue weighted by atomic mass is 9.99. The normalized spacial score (nSPS) is 17.9. The summed E-state index contributed by atoms with van der Waals surface area (Å²) in [6, 6.07) is 25.3. The van der Waals surface area contributed by atoms with E-state index in [4.69, 9.17) is 4.74 Å². The highest BCUT2D eigenvalue weighted by atomic mass is 16.5. The van der Waals surface area contributed by atoms with Gasteiger partial charge in [-0.05, 0) is 97.9 Å². The molecule has 0 aliphatic carbocycles. The molecule has 0 spiro atoms. The lowest BCUT2D eigenvalue weighted by Gasteiger charge is -2.25. The average molecular weight is 675 g/mol. The molecule has 0 radical (unpaired) electrons. The van der Waals surface area contributed by atoms with Crippen LogP contribution >= 0.6 is 0 Å². The maximum atomic E-state index is 10.4. The predicted molar refractivity (Wildman–Crippen MR) is 207 cm³/mol. The number of benzene rings is 4. The van der Waals surface area contributed by atoms with E-state index in [1.165, 1.54) is 100 Å². The third-order valence-electron chi connectivity index (χ3n) is 11.1. The molecule has 0 saturated carbocycles. The number of ether oxygens (including phenoxy) is 1. The van der Waals surface area contributed by atoms with Crippen LogP contribution < -0.4 is 24.3 Å². The first-order chi connectivity index (χ1) is 24.1. The Kier molecular flexibility index (Phi) is 10.3. The lowest BCUT2D eigenvalue weighted by molar-refractivity contribution is 0.460. The van der Waals surface area contributed by atoms with Gasteiger partial charge >= 0.3 is 0 Å². The van der Waals surface area contributed by atoms with E-state index in [1.54, 1.807) is 0 Å². The molecule has 0 aromatic heterocycles. The number of hydrogen-bond donors (Lipinski definition) is 2. The Bertz CT molecular complexity index is 1640. The zero-order chi connectivity index (χ0) is 33.2. The monoisotopic (exact) mass is 674 g/mol. The van der Waals surface area contributed by atoms with Crippen LogP contribution in [0.2, 0.25) is 0 Å². The van der Waals surface area contributed by atoms with Crippen molar-refractivity contribution in [3.8, 4) is 23.0 Å². The Morgan fingerprint density at radius 2 is 0.760 bits per heavy atom. The van der Waals surface area contributed by atoms with Crippen LogP contribution in [-0.4, -0.2) is 62.6 Å². The standard InChI is InChI=1S/C21H26N2O2.C21H24N2O.CH4/c24-20-14-18(22-9-1-2-10-22)7-5-16(20)13-17-6-8-19(15-21(17)25)23-11-3-4-12-23;1-2-10-22(9-1)18-7-5-16-13-17-6-8-19(23-11-3-4-12-23)15-21(17)24-20(16)14-18;/h5-8,14-15,24-25H,1-4,9-13H2;5-8,14-15H,1-4,9-13H2;1H4. The van der Waals surface area contributed by atoms with Gasteiger partial charge in [0.2, 0.25) is 0 Å². The summed E-state index contributed by atoms with van der Waals surface area (Å²) in [7, 11) is 0. The van der Waals surface area contributed by atoms with Crippen LogP contribution in [0.4, 0.5) is 22.7 Å². The summed E-state index contributed by atoms with van der Waals surface area (Å²) in [5.41, 5.74) is 9.12. The van der Waals surface area contributed by atoms with Gasteiger partial charge in [-0.15, -0.1) is 0 Å². The fraction of sp³-hybridized carbons (Fsp3) is 0.442. The van der Waals surface area contributed by atoms with E-state index in [1.807, 2.05) is 24.3 Å². The molecular formula is C43H54N4O3. The van der Waals surface area contributed by atoms with E-state index in [0.29, 0.717) is 17.9 Å². The quantitative estimate of drug-likeness (QED) is 0.186. The smallest absolute Gasteiger partial charge is 0.133 e. The maximum Gasteiger partial charge on any atom is 0.133 e. The number of anilines is 4. The van der Waals surface area contributed by atoms with E-state index in [0.717, 1.165) is 66.6 Å². The second-order valence-corrected chi connectivity index (χ2v) is 14.4. The number of hydrogen-bond acceptors (Lipinski definition) is 7. The van der Waals surface area contributed by atoms with Crippen molar-refractivity contribution in [3.63, 3.8) is 0 Å². The highest BCUT2D eigenvalue weighted by Crippen LogP contribution is 2.41. The second kappa shape index (κ2) is 15.2. The minimum absolute atomic E-state index is 0. The molecule has 0 unspecified atom stereocenters. The van der Waals surface area contributed by atoms with Gasteiger partial charge < -0.3 is 34.5 Å². The fourth-order valence-electron chi connectivity index (χ4n) is 8.19. The highest BCUT2D eigenvalue weighted by Gasteiger charge is 2.22. The molecule has 0 bridgehead atoms. The van der Waals surface area contributed by atoms with Crippen LogP contribution in [0.5, 0.6) is 23.0 Å². The molecule has 7 heteroatoms. The summed E-state index contributed by atoms with van der Waals surface area (Å²) in [4.78, 5) is 9.57. The zero-order valence-electron chi connectivity index (χ0n) is 28.7. The van der Waals surface area contributed by atoms with Crippen LogP contribution in [0.15, 0.2) is 72.8 Å². The molecule has 5 heterocycles. The molecule has 4 fully saturated rings. The van der Waals surface area contributed by atoms with E-state index in [-0.39, 0.29) is 7.43 Å². The second-order valence-electron chi connectivity index (χ2n) is 14.4. The first-order valence-electron chi connectivity index (χ1n) is 18.6. The largest absolute Gasteiger partial charge is 0.508 e. The van der Waals surface area contributed by atoms with Crippen molar-refractivity contribution in [2.75, 3.05) is 72.0 Å². The molecule has 4 aromatic carbocycles. The average Bonchev–Trinajstić information content (AvgIpc) is 3.97. The third kappa shape index (κ3) is 7.33. The molecule has 0 atom stereocenters. The van der Waals surface area contributed by atoms with Crippen molar-refractivity contribution in [2.24, 2.45) is 0 Å². The number of aromatic hydroxyl groups is 2. The molecule has 7 nitrogen and oxygen atoms in total. The van der Waals surface area contributed by atoms with Gasteiger partial charge in [-0.3, -0.25) is 0 Å². The van der Waals surface area contributed by atoms with Crippen LogP contribution in [-0.2, 0) is 12.8 Å². The van der Waals surface area contributed by atoms with Gasteiger partial charge in [-0.2, -0.15) is 0 Å². The van der Waals surface area contributed by atoms with Crippen LogP contribution in [0, 0.1) is 0 Å². The fourth-order valence-corrected chi connectivity index (χ4v) is 8.19. The van der Waals surface area contributed by atoms with Crippen molar-refractivity contribution >= 4 is 22.7 Å². The van der Waals surface area contributed by atoms with Crippen LogP contribution in [0.3, 0.4) is 0 Å². The number of rotatable bonds is 6. The highest BCUT2D eigenvalue weighted by molar-refractivity contribution is 5.62. The number of phenolic OH excluding ortho intramolecular Hbond substituents is 2. The predicted octanol–water partition coefficient (Wildman–Crippen LogP) is 9.11. The molecule has 5 aliphatic rings. The summed E-state index contributed by atoms with van der Waals surface area (Å²) in [5.74, 6) is 2.72. The molecule has 4 saturated heterocycles. The first kappa shape index (κ1) is 34.0. The van der Waals surface area contributed by atoms with Gasteiger partial charge in [-0.1, -0.05) is 31.7 Å². The van der Waals surface area contributed by atoms with E-state index >= 15 is 0 Å². The molecule has 2 N–H and O–H groups in total. The Morgan fingerprint density at radius 1 is 0.440 bits per heavy atom. The molecular weight excluding hydrogens is 620 g/mol. The Morgan fingerprint density at radius 3 is 1.10 bits per heavy atom. The van der Waals surface area contributed by atoms with Gasteiger partial charge in [0.15, 0.2) is 0 Å². The Labute approximate surface area is 298 Å². The van der Waals surface area contributed by atoms with Crippen LogP contribution in [0.25, 0.3) is 0 Å². The van der Waals surface area contributed by atoms with Crippen molar-refractivity contribution < 1.29 is 14.9 Å². The topological polar surface area (TPSA) is 62.6 Å². The summed E-state index contributed by atoms with van der Waals surface area (Å²) >= 11 is 0. The Balaban J connectivity index is 0.000000154. The van der Waals surface area contributed by atoms with Crippen LogP contribution in [0.1, 0.15) is 81.0 Å². The SMILES string of the molecule is C.Oc1cc(N2CCCC2)ccc1Cc1ccc(N2CCCC2)cc1O.c1cc2c(cc1N1CCCC1)Oc1cc(N3CCCC3)ccc1C2. The van der Waals surface area contributed by atoms with E-state index < -0.39 is 0 Å². The summed E-state index contributed by atoms with van der Waals surface area (Å²) in [6.07, 6.45) is 11.6. The number of phenols is 2.